The van der Waals surface area contributed by atoms with Crippen LogP contribution < -0.4 is 0 Å². The molecule has 1 nitrogen and oxygen atoms in total. The second-order valence-electron chi connectivity index (χ2n) is 1.65. The Hall–Kier alpha value is -1.24. The van der Waals surface area contributed by atoms with Crippen molar-refractivity contribution in [2.75, 3.05) is 0 Å². The third-order valence-corrected chi connectivity index (χ3v) is 0.968. The van der Waals surface area contributed by atoms with Crippen LogP contribution in [0.1, 0.15) is 5.56 Å². The first kappa shape index (κ1) is 5.89. The van der Waals surface area contributed by atoms with Crippen LogP contribution in [-0.2, 0) is 0 Å². The SMILES string of the molecule is C=C/C=C\c1ccoc1. The lowest BCUT2D eigenvalue weighted by Crippen LogP contribution is -1.55. The summed E-state index contributed by atoms with van der Waals surface area (Å²) in [5.74, 6) is 0. The quantitative estimate of drug-likeness (QED) is 0.546. The lowest BCUT2D eigenvalue weighted by atomic mass is 10.3. The van der Waals surface area contributed by atoms with Crippen LogP contribution >= 0.6 is 0 Å². The van der Waals surface area contributed by atoms with Gasteiger partial charge in [-0.25, -0.2) is 0 Å². The molecule has 0 aliphatic heterocycles. The first-order valence-corrected chi connectivity index (χ1v) is 2.75. The molecule has 1 rings (SSSR count). The van der Waals surface area contributed by atoms with Gasteiger partial charge in [0, 0.05) is 5.56 Å². The van der Waals surface area contributed by atoms with Crippen molar-refractivity contribution in [2.24, 2.45) is 0 Å². The Morgan fingerprint density at radius 2 is 2.44 bits per heavy atom. The minimum Gasteiger partial charge on any atom is -0.472 e. The zero-order chi connectivity index (χ0) is 6.53. The Morgan fingerprint density at radius 3 is 3.00 bits per heavy atom. The van der Waals surface area contributed by atoms with E-state index < -0.39 is 0 Å². The topological polar surface area (TPSA) is 13.1 Å². The molecule has 0 N–H and O–H groups in total. The molecule has 0 amide bonds. The monoisotopic (exact) mass is 120 g/mol. The summed E-state index contributed by atoms with van der Waals surface area (Å²) in [4.78, 5) is 0. The van der Waals surface area contributed by atoms with Gasteiger partial charge < -0.3 is 4.42 Å². The van der Waals surface area contributed by atoms with Crippen molar-refractivity contribution < 1.29 is 4.42 Å². The maximum atomic E-state index is 4.83. The zero-order valence-electron chi connectivity index (χ0n) is 5.08. The summed E-state index contributed by atoms with van der Waals surface area (Å²) >= 11 is 0. The first-order chi connectivity index (χ1) is 4.43. The van der Waals surface area contributed by atoms with E-state index in [4.69, 9.17) is 4.42 Å². The molecular formula is C8H8O. The van der Waals surface area contributed by atoms with Crippen LogP contribution in [0.4, 0.5) is 0 Å². The van der Waals surface area contributed by atoms with Gasteiger partial charge in [-0.1, -0.05) is 24.8 Å². The van der Waals surface area contributed by atoms with E-state index in [0.717, 1.165) is 5.56 Å². The average Bonchev–Trinajstić information content (AvgIpc) is 2.34. The van der Waals surface area contributed by atoms with Gasteiger partial charge in [0.05, 0.1) is 12.5 Å². The Kier molecular flexibility index (Phi) is 1.91. The first-order valence-electron chi connectivity index (χ1n) is 2.75. The molecule has 0 unspecified atom stereocenters. The van der Waals surface area contributed by atoms with Crippen LogP contribution in [0.25, 0.3) is 6.08 Å². The normalized spacial score (nSPS) is 10.2. The summed E-state index contributed by atoms with van der Waals surface area (Å²) in [5, 5.41) is 0. The predicted molar refractivity (Wildman–Crippen MR) is 37.9 cm³/mol. The second-order valence-corrected chi connectivity index (χ2v) is 1.65. The molecular weight excluding hydrogens is 112 g/mol. The van der Waals surface area contributed by atoms with Gasteiger partial charge in [-0.05, 0) is 6.07 Å². The molecule has 1 heterocycles. The lowest BCUT2D eigenvalue weighted by molar-refractivity contribution is 0.567. The molecule has 0 atom stereocenters. The summed E-state index contributed by atoms with van der Waals surface area (Å²) in [6.07, 6.45) is 8.84. The molecule has 9 heavy (non-hydrogen) atoms. The van der Waals surface area contributed by atoms with Crippen LogP contribution in [-0.4, -0.2) is 0 Å². The van der Waals surface area contributed by atoms with Gasteiger partial charge in [-0.15, -0.1) is 0 Å². The highest BCUT2D eigenvalue weighted by Gasteiger charge is 1.82. The predicted octanol–water partition coefficient (Wildman–Crippen LogP) is 2.48. The third kappa shape index (κ3) is 1.61. The number of hydrogen-bond donors (Lipinski definition) is 0. The molecule has 0 spiro atoms. The fourth-order valence-corrected chi connectivity index (χ4v) is 0.549. The van der Waals surface area contributed by atoms with Gasteiger partial charge >= 0.3 is 0 Å². The number of furan rings is 1. The van der Waals surface area contributed by atoms with Crippen LogP contribution in [0.3, 0.4) is 0 Å². The summed E-state index contributed by atoms with van der Waals surface area (Å²) in [5.41, 5.74) is 1.06. The summed E-state index contributed by atoms with van der Waals surface area (Å²) in [6.45, 7) is 3.54. The maximum Gasteiger partial charge on any atom is 0.0974 e. The van der Waals surface area contributed by atoms with Gasteiger partial charge in [0.25, 0.3) is 0 Å². The second kappa shape index (κ2) is 2.92. The minimum absolute atomic E-state index is 1.06. The molecule has 0 saturated carbocycles. The van der Waals surface area contributed by atoms with Crippen molar-refractivity contribution in [3.8, 4) is 0 Å². The molecule has 0 radical (unpaired) electrons. The van der Waals surface area contributed by atoms with Crippen LogP contribution in [0.5, 0.6) is 0 Å². The molecule has 46 valence electrons. The van der Waals surface area contributed by atoms with E-state index in [1.165, 1.54) is 0 Å². The van der Waals surface area contributed by atoms with Gasteiger partial charge in [0.2, 0.25) is 0 Å². The van der Waals surface area contributed by atoms with Crippen molar-refractivity contribution in [3.63, 3.8) is 0 Å². The average molecular weight is 120 g/mol. The summed E-state index contributed by atoms with van der Waals surface area (Å²) in [6, 6.07) is 1.89. The van der Waals surface area contributed by atoms with Gasteiger partial charge in [-0.2, -0.15) is 0 Å². The molecule has 1 heteroatoms. The molecule has 0 aliphatic carbocycles. The molecule has 0 aliphatic rings. The molecule has 0 fully saturated rings. The van der Waals surface area contributed by atoms with E-state index in [-0.39, 0.29) is 0 Å². The minimum atomic E-state index is 1.06. The van der Waals surface area contributed by atoms with Gasteiger partial charge in [-0.3, -0.25) is 0 Å². The van der Waals surface area contributed by atoms with Crippen LogP contribution in [0, 0.1) is 0 Å². The molecule has 0 bridgehead atoms. The Balaban J connectivity index is 2.67. The standard InChI is InChI=1S/C8H8O/c1-2-3-4-8-5-6-9-7-8/h2-7H,1H2/b4-3-. The Bertz CT molecular complexity index is 194. The van der Waals surface area contributed by atoms with E-state index in [9.17, 15) is 0 Å². The fraction of sp³-hybridized carbons (Fsp3) is 0. The highest BCUT2D eigenvalue weighted by molar-refractivity contribution is 5.48. The third-order valence-electron chi connectivity index (χ3n) is 0.968. The zero-order valence-corrected chi connectivity index (χ0v) is 5.08. The Labute approximate surface area is 54.3 Å². The van der Waals surface area contributed by atoms with E-state index in [1.807, 2.05) is 18.2 Å². The highest BCUT2D eigenvalue weighted by Crippen LogP contribution is 2.01. The van der Waals surface area contributed by atoms with Crippen molar-refractivity contribution in [1.29, 1.82) is 0 Å². The van der Waals surface area contributed by atoms with E-state index in [1.54, 1.807) is 18.6 Å². The van der Waals surface area contributed by atoms with E-state index >= 15 is 0 Å². The summed E-state index contributed by atoms with van der Waals surface area (Å²) < 4.78 is 4.83. The Morgan fingerprint density at radius 1 is 1.56 bits per heavy atom. The van der Waals surface area contributed by atoms with Gasteiger partial charge in [0.1, 0.15) is 0 Å². The molecule has 1 aromatic rings. The highest BCUT2D eigenvalue weighted by atomic mass is 16.3. The number of hydrogen-bond acceptors (Lipinski definition) is 1. The molecule has 0 saturated heterocycles. The van der Waals surface area contributed by atoms with Crippen LogP contribution in [0.15, 0.2) is 41.7 Å². The van der Waals surface area contributed by atoms with Crippen molar-refractivity contribution in [1.82, 2.24) is 0 Å². The number of rotatable bonds is 2. The number of allylic oxidation sites excluding steroid dienone is 2. The van der Waals surface area contributed by atoms with Crippen molar-refractivity contribution in [3.05, 3.63) is 42.9 Å². The smallest absolute Gasteiger partial charge is 0.0974 e. The molecule has 1 aromatic heterocycles. The maximum absolute atomic E-state index is 4.83. The van der Waals surface area contributed by atoms with E-state index in [0.29, 0.717) is 0 Å². The molecule has 0 aromatic carbocycles. The fourth-order valence-electron chi connectivity index (χ4n) is 0.549. The van der Waals surface area contributed by atoms with Crippen molar-refractivity contribution >= 4 is 6.08 Å². The van der Waals surface area contributed by atoms with Gasteiger partial charge in [0.15, 0.2) is 0 Å². The summed E-state index contributed by atoms with van der Waals surface area (Å²) in [7, 11) is 0. The largest absolute Gasteiger partial charge is 0.472 e. The van der Waals surface area contributed by atoms with Crippen molar-refractivity contribution in [2.45, 2.75) is 0 Å². The lowest BCUT2D eigenvalue weighted by Gasteiger charge is -1.74. The van der Waals surface area contributed by atoms with Crippen LogP contribution in [0.2, 0.25) is 0 Å². The van der Waals surface area contributed by atoms with E-state index in [2.05, 4.69) is 6.58 Å².